The minimum absolute atomic E-state index is 0. The third-order valence-electron chi connectivity index (χ3n) is 4.07. The average molecular weight is 289 g/mol. The van der Waals surface area contributed by atoms with Gasteiger partial charge in [-0.25, -0.2) is 8.78 Å². The smallest absolute Gasteiger partial charge is 0.126 e. The second-order valence-electron chi connectivity index (χ2n) is 5.41. The number of nitrogens with zero attached hydrogens (tertiary/aromatic N) is 1. The summed E-state index contributed by atoms with van der Waals surface area (Å²) in [6, 6.07) is 4.45. The first-order valence-corrected chi connectivity index (χ1v) is 6.61. The van der Waals surface area contributed by atoms with Crippen molar-refractivity contribution in [2.75, 3.05) is 19.6 Å². The van der Waals surface area contributed by atoms with Gasteiger partial charge in [-0.05, 0) is 49.5 Å². The summed E-state index contributed by atoms with van der Waals surface area (Å²) in [6.45, 7) is 3.80. The van der Waals surface area contributed by atoms with Gasteiger partial charge in [-0.3, -0.25) is 4.90 Å². The Labute approximate surface area is 118 Å². The van der Waals surface area contributed by atoms with Gasteiger partial charge < -0.3 is 5.32 Å². The van der Waals surface area contributed by atoms with Crippen LogP contribution in [0.1, 0.15) is 18.4 Å². The Morgan fingerprint density at radius 1 is 1.16 bits per heavy atom. The fraction of sp³-hybridized carbons (Fsp3) is 0.571. The highest BCUT2D eigenvalue weighted by molar-refractivity contribution is 5.85. The van der Waals surface area contributed by atoms with Gasteiger partial charge in [0.25, 0.3) is 0 Å². The van der Waals surface area contributed by atoms with Crippen molar-refractivity contribution in [3.05, 3.63) is 35.4 Å². The van der Waals surface area contributed by atoms with Crippen LogP contribution in [-0.2, 0) is 6.54 Å². The lowest BCUT2D eigenvalue weighted by Crippen LogP contribution is -2.43. The van der Waals surface area contributed by atoms with Crippen LogP contribution in [0.3, 0.4) is 0 Å². The molecule has 2 fully saturated rings. The van der Waals surface area contributed by atoms with E-state index in [4.69, 9.17) is 0 Å². The van der Waals surface area contributed by atoms with Crippen LogP contribution in [0.25, 0.3) is 0 Å². The molecule has 2 aliphatic heterocycles. The first kappa shape index (κ1) is 14.7. The molecule has 2 heterocycles. The third kappa shape index (κ3) is 3.44. The van der Waals surface area contributed by atoms with Crippen molar-refractivity contribution in [2.24, 2.45) is 5.92 Å². The normalized spacial score (nSPS) is 26.8. The quantitative estimate of drug-likeness (QED) is 0.900. The third-order valence-corrected chi connectivity index (χ3v) is 4.07. The van der Waals surface area contributed by atoms with Crippen LogP contribution in [0.5, 0.6) is 0 Å². The lowest BCUT2D eigenvalue weighted by Gasteiger charge is -2.34. The zero-order valence-corrected chi connectivity index (χ0v) is 11.6. The maximum Gasteiger partial charge on any atom is 0.126 e. The van der Waals surface area contributed by atoms with E-state index < -0.39 is 11.6 Å². The molecule has 0 radical (unpaired) electrons. The Hall–Kier alpha value is -0.710. The van der Waals surface area contributed by atoms with Crippen molar-refractivity contribution in [2.45, 2.75) is 25.4 Å². The minimum atomic E-state index is -0.484. The number of fused-ring (bicyclic) bond motifs is 1. The van der Waals surface area contributed by atoms with Crippen LogP contribution < -0.4 is 5.32 Å². The van der Waals surface area contributed by atoms with Crippen molar-refractivity contribution in [3.8, 4) is 0 Å². The van der Waals surface area contributed by atoms with Crippen LogP contribution in [0, 0.1) is 17.6 Å². The van der Waals surface area contributed by atoms with Crippen molar-refractivity contribution in [3.63, 3.8) is 0 Å². The number of halogens is 3. The molecule has 5 heteroatoms. The molecule has 1 N–H and O–H groups in total. The van der Waals surface area contributed by atoms with Crippen LogP contribution in [0.4, 0.5) is 8.78 Å². The van der Waals surface area contributed by atoms with Crippen LogP contribution in [-0.4, -0.2) is 30.6 Å². The molecule has 19 heavy (non-hydrogen) atoms. The van der Waals surface area contributed by atoms with E-state index in [0.29, 0.717) is 18.5 Å². The number of nitrogens with one attached hydrogen (secondary N) is 1. The summed E-state index contributed by atoms with van der Waals surface area (Å²) in [5.74, 6) is -0.262. The summed E-state index contributed by atoms with van der Waals surface area (Å²) in [4.78, 5) is 2.31. The Balaban J connectivity index is 0.00000133. The molecule has 2 unspecified atom stereocenters. The van der Waals surface area contributed by atoms with Gasteiger partial charge in [-0.15, -0.1) is 12.4 Å². The molecule has 0 aliphatic carbocycles. The predicted octanol–water partition coefficient (Wildman–Crippen LogP) is 2.57. The Morgan fingerprint density at radius 2 is 1.89 bits per heavy atom. The first-order valence-electron chi connectivity index (χ1n) is 6.61. The molecular weight excluding hydrogens is 270 g/mol. The van der Waals surface area contributed by atoms with E-state index in [1.54, 1.807) is 0 Å². The molecule has 2 nitrogen and oxygen atoms in total. The van der Waals surface area contributed by atoms with Gasteiger partial charge in [0, 0.05) is 25.2 Å². The maximum atomic E-state index is 13.1. The van der Waals surface area contributed by atoms with Crippen LogP contribution in [0.2, 0.25) is 0 Å². The van der Waals surface area contributed by atoms with Crippen molar-refractivity contribution in [1.82, 2.24) is 10.2 Å². The highest BCUT2D eigenvalue weighted by Crippen LogP contribution is 2.25. The lowest BCUT2D eigenvalue weighted by molar-refractivity contribution is 0.155. The molecule has 2 aliphatic rings. The Bertz CT molecular complexity index is 421. The largest absolute Gasteiger partial charge is 0.314 e. The zero-order valence-electron chi connectivity index (χ0n) is 10.7. The van der Waals surface area contributed by atoms with E-state index in [-0.39, 0.29) is 12.4 Å². The van der Waals surface area contributed by atoms with Crippen molar-refractivity contribution in [1.29, 1.82) is 0 Å². The van der Waals surface area contributed by atoms with E-state index in [1.165, 1.54) is 18.6 Å². The summed E-state index contributed by atoms with van der Waals surface area (Å²) in [5, 5.41) is 3.51. The molecule has 0 spiro atoms. The molecule has 1 aromatic rings. The van der Waals surface area contributed by atoms with Crippen molar-refractivity contribution >= 4 is 12.4 Å². The molecule has 2 saturated heterocycles. The SMILES string of the molecule is Cl.Fc1cc(F)cc(CN2CCC3NCCC3C2)c1. The number of benzene rings is 1. The van der Waals surface area contributed by atoms with Gasteiger partial charge >= 0.3 is 0 Å². The van der Waals surface area contributed by atoms with Crippen LogP contribution in [0.15, 0.2) is 18.2 Å². The summed E-state index contributed by atoms with van der Waals surface area (Å²) in [6.07, 6.45) is 2.36. The number of piperidine rings is 1. The van der Waals surface area contributed by atoms with E-state index in [0.717, 1.165) is 37.7 Å². The number of hydrogen-bond donors (Lipinski definition) is 1. The van der Waals surface area contributed by atoms with Gasteiger partial charge in [0.05, 0.1) is 0 Å². The van der Waals surface area contributed by atoms with E-state index >= 15 is 0 Å². The molecule has 0 saturated carbocycles. The molecule has 106 valence electrons. The highest BCUT2D eigenvalue weighted by Gasteiger charge is 2.32. The Morgan fingerprint density at radius 3 is 2.63 bits per heavy atom. The van der Waals surface area contributed by atoms with E-state index in [9.17, 15) is 8.78 Å². The molecule has 0 aromatic heterocycles. The minimum Gasteiger partial charge on any atom is -0.314 e. The summed E-state index contributed by atoms with van der Waals surface area (Å²) in [5.41, 5.74) is 0.733. The average Bonchev–Trinajstić information content (AvgIpc) is 2.74. The topological polar surface area (TPSA) is 15.3 Å². The second-order valence-corrected chi connectivity index (χ2v) is 5.41. The van der Waals surface area contributed by atoms with Gasteiger partial charge in [-0.2, -0.15) is 0 Å². The number of likely N-dealkylation sites (tertiary alicyclic amines) is 1. The summed E-state index contributed by atoms with van der Waals surface area (Å²) < 4.78 is 26.3. The first-order chi connectivity index (χ1) is 8.70. The standard InChI is InChI=1S/C14H18F2N2.ClH/c15-12-5-10(6-13(16)7-12)8-18-4-2-14-11(9-18)1-3-17-14;/h5-7,11,14,17H,1-4,8-9H2;1H. The lowest BCUT2D eigenvalue weighted by atomic mass is 9.93. The second kappa shape index (κ2) is 6.16. The molecule has 1 aromatic carbocycles. The van der Waals surface area contributed by atoms with Crippen LogP contribution >= 0.6 is 12.4 Å². The van der Waals surface area contributed by atoms with Gasteiger partial charge in [0.15, 0.2) is 0 Å². The zero-order chi connectivity index (χ0) is 12.5. The number of hydrogen-bond acceptors (Lipinski definition) is 2. The molecule has 3 rings (SSSR count). The fourth-order valence-corrected chi connectivity index (χ4v) is 3.23. The van der Waals surface area contributed by atoms with E-state index in [2.05, 4.69) is 10.2 Å². The molecule has 0 bridgehead atoms. The molecule has 2 atom stereocenters. The fourth-order valence-electron chi connectivity index (χ4n) is 3.23. The van der Waals surface area contributed by atoms with Gasteiger partial charge in [0.1, 0.15) is 11.6 Å². The van der Waals surface area contributed by atoms with Gasteiger partial charge in [-0.1, -0.05) is 0 Å². The summed E-state index contributed by atoms with van der Waals surface area (Å²) >= 11 is 0. The van der Waals surface area contributed by atoms with Gasteiger partial charge in [0.2, 0.25) is 0 Å². The van der Waals surface area contributed by atoms with Crippen molar-refractivity contribution < 1.29 is 8.78 Å². The summed E-state index contributed by atoms with van der Waals surface area (Å²) in [7, 11) is 0. The maximum absolute atomic E-state index is 13.1. The predicted molar refractivity (Wildman–Crippen MR) is 73.4 cm³/mol. The number of rotatable bonds is 2. The molecule has 0 amide bonds. The highest BCUT2D eigenvalue weighted by atomic mass is 35.5. The molecular formula is C14H19ClF2N2. The monoisotopic (exact) mass is 288 g/mol. The Kier molecular flexibility index (Phi) is 4.76. The van der Waals surface area contributed by atoms with E-state index in [1.807, 2.05) is 0 Å².